The maximum absolute atomic E-state index is 13.0. The summed E-state index contributed by atoms with van der Waals surface area (Å²) in [7, 11) is -3.84. The number of benzene rings is 3. The molecule has 0 bridgehead atoms. The number of para-hydroxylation sites is 1. The molecular weight excluding hydrogens is 384 g/mol. The average molecular weight is 409 g/mol. The predicted octanol–water partition coefficient (Wildman–Crippen LogP) is 4.97. The number of anilines is 2. The molecule has 3 aromatic carbocycles. The van der Waals surface area contributed by atoms with Gasteiger partial charge in [-0.15, -0.1) is 0 Å². The molecule has 0 radical (unpaired) electrons. The van der Waals surface area contributed by atoms with Gasteiger partial charge in [0.1, 0.15) is 0 Å². The Hall–Kier alpha value is -3.12. The first-order chi connectivity index (χ1) is 13.7. The number of rotatable bonds is 5. The van der Waals surface area contributed by atoms with Crippen LogP contribution in [-0.2, 0) is 10.0 Å². The Balaban J connectivity index is 1.92. The van der Waals surface area contributed by atoms with Crippen molar-refractivity contribution in [2.45, 2.75) is 32.6 Å². The van der Waals surface area contributed by atoms with Gasteiger partial charge in [-0.3, -0.25) is 9.52 Å². The summed E-state index contributed by atoms with van der Waals surface area (Å²) in [5, 5.41) is 2.87. The molecule has 150 valence electrons. The maximum atomic E-state index is 13.0. The summed E-state index contributed by atoms with van der Waals surface area (Å²) in [6, 6.07) is 17.6. The van der Waals surface area contributed by atoms with Crippen LogP contribution in [0.4, 0.5) is 11.4 Å². The molecule has 0 saturated heterocycles. The van der Waals surface area contributed by atoms with E-state index in [1.165, 1.54) is 6.07 Å². The van der Waals surface area contributed by atoms with E-state index in [2.05, 4.69) is 10.0 Å². The van der Waals surface area contributed by atoms with E-state index in [1.54, 1.807) is 31.2 Å². The smallest absolute Gasteiger partial charge is 0.262 e. The van der Waals surface area contributed by atoms with Gasteiger partial charge in [0, 0.05) is 11.3 Å². The van der Waals surface area contributed by atoms with Crippen LogP contribution >= 0.6 is 0 Å². The van der Waals surface area contributed by atoms with Crippen LogP contribution in [0.15, 0.2) is 65.6 Å². The second-order valence-electron chi connectivity index (χ2n) is 7.17. The topological polar surface area (TPSA) is 75.3 Å². The largest absolute Gasteiger partial charge is 0.322 e. The molecule has 0 heterocycles. The molecular formula is C23H24N2O3S. The van der Waals surface area contributed by atoms with Gasteiger partial charge in [0.25, 0.3) is 15.9 Å². The second kappa shape index (κ2) is 8.09. The first-order valence-corrected chi connectivity index (χ1v) is 10.7. The Morgan fingerprint density at radius 3 is 2.14 bits per heavy atom. The number of hydrogen-bond acceptors (Lipinski definition) is 3. The summed E-state index contributed by atoms with van der Waals surface area (Å²) < 4.78 is 28.5. The minimum absolute atomic E-state index is 0.0781. The van der Waals surface area contributed by atoms with Gasteiger partial charge >= 0.3 is 0 Å². The highest BCUT2D eigenvalue weighted by atomic mass is 32.2. The van der Waals surface area contributed by atoms with Crippen LogP contribution in [0.3, 0.4) is 0 Å². The van der Waals surface area contributed by atoms with E-state index in [1.807, 2.05) is 51.1 Å². The van der Waals surface area contributed by atoms with Crippen molar-refractivity contribution in [1.82, 2.24) is 0 Å². The monoisotopic (exact) mass is 408 g/mol. The third-order valence-corrected chi connectivity index (χ3v) is 6.28. The van der Waals surface area contributed by atoms with Crippen molar-refractivity contribution in [3.05, 3.63) is 88.5 Å². The Kier molecular flexibility index (Phi) is 5.75. The average Bonchev–Trinajstić information content (AvgIpc) is 2.66. The molecule has 0 fully saturated rings. The van der Waals surface area contributed by atoms with E-state index in [9.17, 15) is 13.2 Å². The quantitative estimate of drug-likeness (QED) is 0.626. The SMILES string of the molecule is Cc1ccc(C)c(NC(=O)c2ccc(C)c(S(=O)(=O)Nc3ccccc3C)c2)c1. The minimum Gasteiger partial charge on any atom is -0.322 e. The van der Waals surface area contributed by atoms with Gasteiger partial charge in [-0.25, -0.2) is 8.42 Å². The molecule has 29 heavy (non-hydrogen) atoms. The predicted molar refractivity (Wildman–Crippen MR) is 117 cm³/mol. The minimum atomic E-state index is -3.84. The molecule has 0 aliphatic heterocycles. The summed E-state index contributed by atoms with van der Waals surface area (Å²) in [5.74, 6) is -0.356. The van der Waals surface area contributed by atoms with Crippen molar-refractivity contribution in [3.63, 3.8) is 0 Å². The van der Waals surface area contributed by atoms with Crippen molar-refractivity contribution in [2.75, 3.05) is 10.0 Å². The summed E-state index contributed by atoms with van der Waals surface area (Å²) in [6.07, 6.45) is 0. The van der Waals surface area contributed by atoms with Gasteiger partial charge in [0.2, 0.25) is 0 Å². The van der Waals surface area contributed by atoms with Crippen LogP contribution in [0, 0.1) is 27.7 Å². The summed E-state index contributed by atoms with van der Waals surface area (Å²) in [4.78, 5) is 12.8. The van der Waals surface area contributed by atoms with Crippen molar-refractivity contribution >= 4 is 27.3 Å². The molecule has 0 saturated carbocycles. The second-order valence-corrected chi connectivity index (χ2v) is 8.82. The van der Waals surface area contributed by atoms with E-state index in [0.717, 1.165) is 16.7 Å². The fourth-order valence-electron chi connectivity index (χ4n) is 2.98. The van der Waals surface area contributed by atoms with Crippen molar-refractivity contribution < 1.29 is 13.2 Å². The molecule has 0 atom stereocenters. The molecule has 5 nitrogen and oxygen atoms in total. The highest BCUT2D eigenvalue weighted by molar-refractivity contribution is 7.92. The standard InChI is InChI=1S/C23H24N2O3S/c1-15-9-10-17(3)21(13-15)24-23(26)19-12-11-18(4)22(14-19)29(27,28)25-20-8-6-5-7-16(20)2/h5-14,25H,1-4H3,(H,24,26). The molecule has 0 unspecified atom stereocenters. The summed E-state index contributed by atoms with van der Waals surface area (Å²) in [5.41, 5.74) is 4.84. The first-order valence-electron chi connectivity index (χ1n) is 9.25. The number of hydrogen-bond donors (Lipinski definition) is 2. The number of carbonyl (C=O) groups is 1. The maximum Gasteiger partial charge on any atom is 0.262 e. The van der Waals surface area contributed by atoms with E-state index in [4.69, 9.17) is 0 Å². The van der Waals surface area contributed by atoms with Gasteiger partial charge < -0.3 is 5.32 Å². The third kappa shape index (κ3) is 4.66. The van der Waals surface area contributed by atoms with Crippen molar-refractivity contribution in [2.24, 2.45) is 0 Å². The van der Waals surface area contributed by atoms with Gasteiger partial charge in [-0.2, -0.15) is 0 Å². The van der Waals surface area contributed by atoms with Crippen LogP contribution in [0.2, 0.25) is 0 Å². The molecule has 6 heteroatoms. The molecule has 1 amide bonds. The molecule has 0 spiro atoms. The normalized spacial score (nSPS) is 11.2. The lowest BCUT2D eigenvalue weighted by Gasteiger charge is -2.14. The van der Waals surface area contributed by atoms with Gasteiger partial charge in [-0.1, -0.05) is 36.4 Å². The molecule has 3 rings (SSSR count). The van der Waals surface area contributed by atoms with Crippen molar-refractivity contribution in [3.8, 4) is 0 Å². The Bertz CT molecular complexity index is 1180. The van der Waals surface area contributed by atoms with Crippen LogP contribution in [-0.4, -0.2) is 14.3 Å². The zero-order valence-corrected chi connectivity index (χ0v) is 17.7. The van der Waals surface area contributed by atoms with Gasteiger partial charge in [-0.05, 0) is 74.2 Å². The van der Waals surface area contributed by atoms with Gasteiger partial charge in [0.05, 0.1) is 10.6 Å². The van der Waals surface area contributed by atoms with Gasteiger partial charge in [0.15, 0.2) is 0 Å². The lowest BCUT2D eigenvalue weighted by molar-refractivity contribution is 0.102. The molecule has 0 aromatic heterocycles. The zero-order valence-electron chi connectivity index (χ0n) is 16.9. The molecule has 0 aliphatic rings. The summed E-state index contributed by atoms with van der Waals surface area (Å²) in [6.45, 7) is 7.40. The lowest BCUT2D eigenvalue weighted by Crippen LogP contribution is -2.18. The Morgan fingerprint density at radius 1 is 0.759 bits per heavy atom. The van der Waals surface area contributed by atoms with E-state index < -0.39 is 10.0 Å². The fraction of sp³-hybridized carbons (Fsp3) is 0.174. The van der Waals surface area contributed by atoms with Crippen LogP contribution in [0.1, 0.15) is 32.6 Å². The lowest BCUT2D eigenvalue weighted by atomic mass is 10.1. The van der Waals surface area contributed by atoms with Crippen LogP contribution in [0.5, 0.6) is 0 Å². The highest BCUT2D eigenvalue weighted by Crippen LogP contribution is 2.24. The van der Waals surface area contributed by atoms with Crippen LogP contribution < -0.4 is 10.0 Å². The third-order valence-electron chi connectivity index (χ3n) is 4.77. The van der Waals surface area contributed by atoms with E-state index in [0.29, 0.717) is 16.9 Å². The van der Waals surface area contributed by atoms with Crippen molar-refractivity contribution in [1.29, 1.82) is 0 Å². The number of sulfonamides is 1. The van der Waals surface area contributed by atoms with E-state index >= 15 is 0 Å². The van der Waals surface area contributed by atoms with E-state index in [-0.39, 0.29) is 16.4 Å². The summed E-state index contributed by atoms with van der Waals surface area (Å²) >= 11 is 0. The Morgan fingerprint density at radius 2 is 1.41 bits per heavy atom. The number of nitrogens with one attached hydrogen (secondary N) is 2. The zero-order chi connectivity index (χ0) is 21.2. The molecule has 2 N–H and O–H groups in total. The molecule has 0 aliphatic carbocycles. The van der Waals surface area contributed by atoms with Crippen LogP contribution in [0.25, 0.3) is 0 Å². The number of carbonyl (C=O) groups excluding carboxylic acids is 1. The number of amides is 1. The highest BCUT2D eigenvalue weighted by Gasteiger charge is 2.20. The first kappa shape index (κ1) is 20.6. The fourth-order valence-corrected chi connectivity index (χ4v) is 4.39. The molecule has 3 aromatic rings. The number of aryl methyl sites for hydroxylation is 4. The Labute approximate surface area is 171 Å².